The smallest absolute Gasteiger partial charge is 0.192 e. The third-order valence-electron chi connectivity index (χ3n) is 1.66. The minimum Gasteiger partial charge on any atom is -0.419 e. The molecule has 0 aromatic rings. The van der Waals surface area contributed by atoms with Crippen molar-refractivity contribution in [3.63, 3.8) is 0 Å². The summed E-state index contributed by atoms with van der Waals surface area (Å²) in [5.74, 6) is 0. The summed E-state index contributed by atoms with van der Waals surface area (Å²) >= 11 is 0. The first-order valence-electron chi connectivity index (χ1n) is 4.29. The molecule has 4 heteroatoms. The van der Waals surface area contributed by atoms with Crippen molar-refractivity contribution in [1.82, 2.24) is 0 Å². The van der Waals surface area contributed by atoms with Gasteiger partial charge in [0.1, 0.15) is 0 Å². The predicted molar refractivity (Wildman–Crippen MR) is 50.9 cm³/mol. The zero-order valence-electron chi connectivity index (χ0n) is 7.55. The van der Waals surface area contributed by atoms with Gasteiger partial charge in [0, 0.05) is 12.3 Å². The van der Waals surface area contributed by atoms with Crippen molar-refractivity contribution in [1.29, 1.82) is 0 Å². The molecule has 0 heterocycles. The van der Waals surface area contributed by atoms with Crippen LogP contribution in [0.25, 0.3) is 0 Å². The molecule has 0 amide bonds. The van der Waals surface area contributed by atoms with Crippen molar-refractivity contribution in [3.05, 3.63) is 0 Å². The van der Waals surface area contributed by atoms with Gasteiger partial charge in [-0.3, -0.25) is 0 Å². The highest BCUT2D eigenvalue weighted by Gasteiger charge is 2.15. The van der Waals surface area contributed by atoms with Crippen LogP contribution < -0.4 is 11.5 Å². The molecule has 11 heavy (non-hydrogen) atoms. The molecule has 2 atom stereocenters. The molecule has 0 saturated heterocycles. The average molecular weight is 176 g/mol. The van der Waals surface area contributed by atoms with Crippen molar-refractivity contribution >= 4 is 9.04 Å². The van der Waals surface area contributed by atoms with Crippen LogP contribution in [0.5, 0.6) is 0 Å². The summed E-state index contributed by atoms with van der Waals surface area (Å²) in [5, 5.41) is 0. The largest absolute Gasteiger partial charge is 0.419 e. The van der Waals surface area contributed by atoms with Crippen LogP contribution in [0.15, 0.2) is 0 Å². The second kappa shape index (κ2) is 6.79. The third-order valence-corrected chi connectivity index (χ3v) is 4.57. The van der Waals surface area contributed by atoms with Crippen molar-refractivity contribution in [3.8, 4) is 0 Å². The number of hydrogen-bond acceptors (Lipinski definition) is 3. The quantitative estimate of drug-likeness (QED) is 0.559. The van der Waals surface area contributed by atoms with Crippen molar-refractivity contribution < 1.29 is 4.43 Å². The lowest BCUT2D eigenvalue weighted by atomic mass is 10.5. The van der Waals surface area contributed by atoms with Gasteiger partial charge in [0.2, 0.25) is 0 Å². The van der Waals surface area contributed by atoms with Crippen molar-refractivity contribution in [2.24, 2.45) is 11.5 Å². The maximum Gasteiger partial charge on any atom is 0.192 e. The second-order valence-electron chi connectivity index (χ2n) is 2.78. The zero-order chi connectivity index (χ0) is 8.69. The highest BCUT2D eigenvalue weighted by atomic mass is 28.3. The van der Waals surface area contributed by atoms with Crippen LogP contribution in [0, 0.1) is 0 Å². The highest BCUT2D eigenvalue weighted by molar-refractivity contribution is 6.53. The Bertz CT molecular complexity index is 90.5. The maximum absolute atomic E-state index is 5.76. The molecule has 0 radical (unpaired) electrons. The van der Waals surface area contributed by atoms with E-state index in [9.17, 15) is 0 Å². The lowest BCUT2D eigenvalue weighted by Crippen LogP contribution is -2.38. The highest BCUT2D eigenvalue weighted by Crippen LogP contribution is 2.01. The van der Waals surface area contributed by atoms with Crippen LogP contribution in [0.1, 0.15) is 20.3 Å². The monoisotopic (exact) mass is 176 g/mol. The van der Waals surface area contributed by atoms with Gasteiger partial charge in [-0.1, -0.05) is 6.92 Å². The Morgan fingerprint density at radius 1 is 1.55 bits per heavy atom. The van der Waals surface area contributed by atoms with Crippen molar-refractivity contribution in [2.75, 3.05) is 13.2 Å². The summed E-state index contributed by atoms with van der Waals surface area (Å²) in [6.45, 7) is 5.60. The molecule has 0 aliphatic carbocycles. The summed E-state index contributed by atoms with van der Waals surface area (Å²) < 4.78 is 5.56. The van der Waals surface area contributed by atoms with Crippen molar-refractivity contribution in [2.45, 2.75) is 32.0 Å². The standard InChI is InChI=1S/C7H20N2OSi/c1-3-10-11(7(2)9)6-4-5-8/h7,11H,3-6,8-9H2,1-2H3. The molecule has 0 aromatic heterocycles. The van der Waals surface area contributed by atoms with Gasteiger partial charge >= 0.3 is 0 Å². The molecule has 0 rings (SSSR count). The first-order valence-corrected chi connectivity index (χ1v) is 6.25. The minimum absolute atomic E-state index is 0.251. The normalized spacial score (nSPS) is 16.4. The Labute approximate surface area is 70.8 Å². The molecule has 0 aromatic carbocycles. The fourth-order valence-corrected chi connectivity index (χ4v) is 3.09. The fourth-order valence-electron chi connectivity index (χ4n) is 1.03. The lowest BCUT2D eigenvalue weighted by molar-refractivity contribution is 0.334. The molecule has 0 saturated carbocycles. The summed E-state index contributed by atoms with van der Waals surface area (Å²) in [6, 6.07) is 1.11. The van der Waals surface area contributed by atoms with E-state index in [0.29, 0.717) is 0 Å². The van der Waals surface area contributed by atoms with Gasteiger partial charge in [-0.2, -0.15) is 0 Å². The molecule has 3 nitrogen and oxygen atoms in total. The summed E-state index contributed by atoms with van der Waals surface area (Å²) in [7, 11) is -1.13. The van der Waals surface area contributed by atoms with E-state index in [2.05, 4.69) is 0 Å². The molecule has 68 valence electrons. The van der Waals surface area contributed by atoms with Crippen LogP contribution >= 0.6 is 0 Å². The first kappa shape index (κ1) is 11.1. The van der Waals surface area contributed by atoms with E-state index < -0.39 is 9.04 Å². The van der Waals surface area contributed by atoms with E-state index in [1.807, 2.05) is 13.8 Å². The molecule has 0 bridgehead atoms. The zero-order valence-corrected chi connectivity index (χ0v) is 8.70. The Hall–Kier alpha value is 0.0969. The van der Waals surface area contributed by atoms with Crippen LogP contribution in [-0.4, -0.2) is 27.9 Å². The van der Waals surface area contributed by atoms with Crippen LogP contribution in [0.4, 0.5) is 0 Å². The Morgan fingerprint density at radius 3 is 2.55 bits per heavy atom. The number of hydrogen-bond donors (Lipinski definition) is 2. The molecule has 0 spiro atoms. The molecular weight excluding hydrogens is 156 g/mol. The van der Waals surface area contributed by atoms with E-state index in [-0.39, 0.29) is 5.67 Å². The van der Waals surface area contributed by atoms with Gasteiger partial charge < -0.3 is 15.9 Å². The minimum atomic E-state index is -1.13. The van der Waals surface area contributed by atoms with Crippen LogP contribution in [-0.2, 0) is 4.43 Å². The molecular formula is C7H20N2OSi. The molecule has 4 N–H and O–H groups in total. The predicted octanol–water partition coefficient (Wildman–Crippen LogP) is -0.0181. The van der Waals surface area contributed by atoms with E-state index >= 15 is 0 Å². The Kier molecular flexibility index (Phi) is 6.85. The summed E-state index contributed by atoms with van der Waals surface area (Å²) in [4.78, 5) is 0. The van der Waals surface area contributed by atoms with Gasteiger partial charge in [0.15, 0.2) is 9.04 Å². The number of nitrogens with two attached hydrogens (primary N) is 2. The van der Waals surface area contributed by atoms with E-state index in [1.54, 1.807) is 0 Å². The maximum atomic E-state index is 5.76. The Morgan fingerprint density at radius 2 is 2.18 bits per heavy atom. The first-order chi connectivity index (χ1) is 5.22. The topological polar surface area (TPSA) is 61.3 Å². The van der Waals surface area contributed by atoms with Crippen LogP contribution in [0.3, 0.4) is 0 Å². The van der Waals surface area contributed by atoms with Gasteiger partial charge in [0.25, 0.3) is 0 Å². The SMILES string of the molecule is CCO[SiH](CCCN)C(C)N. The second-order valence-corrected chi connectivity index (χ2v) is 5.82. The lowest BCUT2D eigenvalue weighted by Gasteiger charge is -2.17. The summed E-state index contributed by atoms with van der Waals surface area (Å²) in [6.07, 6.45) is 1.05. The Balaban J connectivity index is 3.51. The fraction of sp³-hybridized carbons (Fsp3) is 1.00. The van der Waals surface area contributed by atoms with Gasteiger partial charge in [-0.05, 0) is 25.9 Å². The van der Waals surface area contributed by atoms with Gasteiger partial charge in [-0.25, -0.2) is 0 Å². The van der Waals surface area contributed by atoms with Crippen LogP contribution in [0.2, 0.25) is 6.04 Å². The van der Waals surface area contributed by atoms with E-state index in [4.69, 9.17) is 15.9 Å². The van der Waals surface area contributed by atoms with Gasteiger partial charge in [-0.15, -0.1) is 0 Å². The molecule has 0 aliphatic heterocycles. The third kappa shape index (κ3) is 5.38. The van der Waals surface area contributed by atoms with E-state index in [1.165, 1.54) is 0 Å². The summed E-state index contributed by atoms with van der Waals surface area (Å²) in [5.41, 5.74) is 11.4. The van der Waals surface area contributed by atoms with E-state index in [0.717, 1.165) is 25.6 Å². The molecule has 0 aliphatic rings. The molecule has 0 fully saturated rings. The average Bonchev–Trinajstić information content (AvgIpc) is 1.97. The van der Waals surface area contributed by atoms with Gasteiger partial charge in [0.05, 0.1) is 0 Å². The molecule has 2 unspecified atom stereocenters. The number of rotatable bonds is 6.